The number of likely N-dealkylation sites (tertiary alicyclic amines) is 1. The summed E-state index contributed by atoms with van der Waals surface area (Å²) in [6.07, 6.45) is 2.98. The molecule has 2 heterocycles. The maximum atomic E-state index is 13.1. The number of carbonyl (C=O) groups excluding carboxylic acids is 2. The lowest BCUT2D eigenvalue weighted by Gasteiger charge is -2.33. The zero-order valence-electron chi connectivity index (χ0n) is 21.7. The summed E-state index contributed by atoms with van der Waals surface area (Å²) in [6, 6.07) is 14.6. The number of aryl methyl sites for hydroxylation is 1. The molecule has 9 heteroatoms. The molecule has 0 radical (unpaired) electrons. The number of benzene rings is 2. The molecule has 2 aromatic carbocycles. The van der Waals surface area contributed by atoms with Gasteiger partial charge in [-0.1, -0.05) is 12.1 Å². The van der Waals surface area contributed by atoms with Gasteiger partial charge < -0.3 is 30.0 Å². The second-order valence-corrected chi connectivity index (χ2v) is 9.54. The first-order chi connectivity index (χ1) is 18.0. The van der Waals surface area contributed by atoms with Crippen LogP contribution in [0.3, 0.4) is 0 Å². The fraction of sp³-hybridized carbons (Fsp3) is 0.464. The Labute approximate surface area is 217 Å². The van der Waals surface area contributed by atoms with Gasteiger partial charge >= 0.3 is 0 Å². The van der Waals surface area contributed by atoms with Gasteiger partial charge in [-0.3, -0.25) is 9.59 Å². The van der Waals surface area contributed by atoms with Crippen molar-refractivity contribution in [3.8, 4) is 5.75 Å². The van der Waals surface area contributed by atoms with Crippen LogP contribution >= 0.6 is 0 Å². The third-order valence-electron chi connectivity index (χ3n) is 6.87. The van der Waals surface area contributed by atoms with Crippen molar-refractivity contribution < 1.29 is 19.1 Å². The molecular weight excluding hydrogens is 470 g/mol. The second-order valence-electron chi connectivity index (χ2n) is 9.54. The molecule has 2 unspecified atom stereocenters. The van der Waals surface area contributed by atoms with Crippen molar-refractivity contribution in [3.63, 3.8) is 0 Å². The third kappa shape index (κ3) is 6.67. The van der Waals surface area contributed by atoms with Crippen LogP contribution in [0.15, 0.2) is 48.5 Å². The molecule has 2 atom stereocenters. The topological polar surface area (TPSA) is 112 Å². The number of ether oxygens (including phenoxy) is 2. The molecule has 4 rings (SSSR count). The van der Waals surface area contributed by atoms with E-state index in [1.54, 1.807) is 38.5 Å². The van der Waals surface area contributed by atoms with E-state index in [1.807, 2.05) is 23.1 Å². The molecule has 0 spiro atoms. The standard InChI is InChI=1S/C28H37N5O4/c1-36-16-6-15-33-25-9-4-3-8-24(25)31-27(33)21-7-5-14-32(19-21)26(34)17-22(29)18-30-28(35)20-10-12-23(37-2)13-11-20/h3-4,8-13,21-22H,5-7,14-19,29H2,1-2H3,(H,30,35). The van der Waals surface area contributed by atoms with Gasteiger partial charge in [-0.15, -0.1) is 0 Å². The van der Waals surface area contributed by atoms with Gasteiger partial charge in [0.15, 0.2) is 0 Å². The summed E-state index contributed by atoms with van der Waals surface area (Å²) in [5.74, 6) is 1.67. The molecule has 0 bridgehead atoms. The van der Waals surface area contributed by atoms with Crippen molar-refractivity contribution in [2.45, 2.75) is 44.2 Å². The first-order valence-corrected chi connectivity index (χ1v) is 12.9. The minimum Gasteiger partial charge on any atom is -0.497 e. The Morgan fingerprint density at radius 3 is 2.70 bits per heavy atom. The molecule has 198 valence electrons. The van der Waals surface area contributed by atoms with Crippen molar-refractivity contribution in [1.29, 1.82) is 0 Å². The Balaban J connectivity index is 1.35. The van der Waals surface area contributed by atoms with Crippen LogP contribution in [0.25, 0.3) is 11.0 Å². The van der Waals surface area contributed by atoms with Crippen LogP contribution in [-0.4, -0.2) is 72.8 Å². The van der Waals surface area contributed by atoms with Gasteiger partial charge in [0.25, 0.3) is 5.91 Å². The molecule has 0 saturated carbocycles. The molecule has 1 aliphatic rings. The van der Waals surface area contributed by atoms with Crippen LogP contribution in [0.1, 0.15) is 47.8 Å². The van der Waals surface area contributed by atoms with Crippen molar-refractivity contribution in [3.05, 3.63) is 59.9 Å². The Kier molecular flexibility index (Phi) is 9.14. The van der Waals surface area contributed by atoms with Gasteiger partial charge in [-0.25, -0.2) is 4.98 Å². The number of para-hydroxylation sites is 2. The number of nitrogens with two attached hydrogens (primary N) is 1. The van der Waals surface area contributed by atoms with Crippen molar-refractivity contribution in [2.24, 2.45) is 5.73 Å². The van der Waals surface area contributed by atoms with E-state index in [0.29, 0.717) is 31.0 Å². The summed E-state index contributed by atoms with van der Waals surface area (Å²) >= 11 is 0. The molecule has 2 amide bonds. The number of fused-ring (bicyclic) bond motifs is 1. The summed E-state index contributed by atoms with van der Waals surface area (Å²) in [5.41, 5.74) is 8.85. The number of hydrogen-bond donors (Lipinski definition) is 2. The summed E-state index contributed by atoms with van der Waals surface area (Å²) in [7, 11) is 3.29. The fourth-order valence-electron chi connectivity index (χ4n) is 4.92. The van der Waals surface area contributed by atoms with Crippen molar-refractivity contribution >= 4 is 22.8 Å². The van der Waals surface area contributed by atoms with Crippen LogP contribution in [-0.2, 0) is 16.1 Å². The van der Waals surface area contributed by atoms with Crippen LogP contribution in [0.4, 0.5) is 0 Å². The lowest BCUT2D eigenvalue weighted by atomic mass is 9.96. The number of imidazole rings is 1. The number of nitrogens with one attached hydrogen (secondary N) is 1. The molecule has 9 nitrogen and oxygen atoms in total. The van der Waals surface area contributed by atoms with Gasteiger partial charge in [-0.2, -0.15) is 0 Å². The summed E-state index contributed by atoms with van der Waals surface area (Å²) in [4.78, 5) is 32.4. The largest absolute Gasteiger partial charge is 0.497 e. The molecule has 1 aliphatic heterocycles. The monoisotopic (exact) mass is 507 g/mol. The Morgan fingerprint density at radius 2 is 1.95 bits per heavy atom. The van der Waals surface area contributed by atoms with E-state index < -0.39 is 6.04 Å². The maximum absolute atomic E-state index is 13.1. The normalized spacial score (nSPS) is 16.5. The predicted octanol–water partition coefficient (Wildman–Crippen LogP) is 2.93. The van der Waals surface area contributed by atoms with Crippen molar-refractivity contribution in [2.75, 3.05) is 40.5 Å². The third-order valence-corrected chi connectivity index (χ3v) is 6.87. The number of rotatable bonds is 11. The molecule has 37 heavy (non-hydrogen) atoms. The van der Waals surface area contributed by atoms with Crippen LogP contribution in [0.5, 0.6) is 5.75 Å². The Bertz CT molecular complexity index is 1190. The van der Waals surface area contributed by atoms with Gasteiger partial charge in [0, 0.05) is 63.8 Å². The van der Waals surface area contributed by atoms with E-state index in [2.05, 4.69) is 16.0 Å². The molecule has 0 aliphatic carbocycles. The molecule has 1 fully saturated rings. The molecule has 3 aromatic rings. The first kappa shape index (κ1) is 26.6. The highest BCUT2D eigenvalue weighted by Gasteiger charge is 2.29. The van der Waals surface area contributed by atoms with E-state index in [9.17, 15) is 9.59 Å². The van der Waals surface area contributed by atoms with Gasteiger partial charge in [-0.05, 0) is 55.7 Å². The average Bonchev–Trinajstić information content (AvgIpc) is 3.30. The highest BCUT2D eigenvalue weighted by Crippen LogP contribution is 2.30. The van der Waals surface area contributed by atoms with E-state index in [4.69, 9.17) is 20.2 Å². The highest BCUT2D eigenvalue weighted by molar-refractivity contribution is 5.94. The van der Waals surface area contributed by atoms with Crippen molar-refractivity contribution in [1.82, 2.24) is 19.8 Å². The van der Waals surface area contributed by atoms with Crippen LogP contribution in [0, 0.1) is 0 Å². The number of amides is 2. The Morgan fingerprint density at radius 1 is 1.16 bits per heavy atom. The van der Waals surface area contributed by atoms with E-state index >= 15 is 0 Å². The zero-order chi connectivity index (χ0) is 26.2. The molecule has 1 saturated heterocycles. The smallest absolute Gasteiger partial charge is 0.251 e. The Hall–Kier alpha value is -3.43. The SMILES string of the molecule is COCCCn1c(C2CCCN(C(=O)CC(N)CNC(=O)c3ccc(OC)cc3)C2)nc2ccccc21. The number of nitrogens with zero attached hydrogens (tertiary/aromatic N) is 3. The van der Waals surface area contributed by atoms with Gasteiger partial charge in [0.2, 0.25) is 5.91 Å². The summed E-state index contributed by atoms with van der Waals surface area (Å²) in [6.45, 7) is 3.08. The second kappa shape index (κ2) is 12.7. The summed E-state index contributed by atoms with van der Waals surface area (Å²) in [5, 5.41) is 2.83. The molecule has 3 N–H and O–H groups in total. The van der Waals surface area contributed by atoms with Crippen LogP contribution < -0.4 is 15.8 Å². The van der Waals surface area contributed by atoms with Crippen LogP contribution in [0.2, 0.25) is 0 Å². The minimum absolute atomic E-state index is 0.0120. The zero-order valence-corrected chi connectivity index (χ0v) is 21.7. The van der Waals surface area contributed by atoms with Gasteiger partial charge in [0.1, 0.15) is 11.6 Å². The first-order valence-electron chi connectivity index (χ1n) is 12.9. The number of carbonyl (C=O) groups is 2. The molecule has 1 aromatic heterocycles. The number of aromatic nitrogens is 2. The number of methoxy groups -OCH3 is 2. The number of piperidine rings is 1. The maximum Gasteiger partial charge on any atom is 0.251 e. The average molecular weight is 508 g/mol. The molecular formula is C28H37N5O4. The van der Waals surface area contributed by atoms with E-state index in [0.717, 1.165) is 42.7 Å². The number of hydrogen-bond acceptors (Lipinski definition) is 6. The van der Waals surface area contributed by atoms with E-state index in [-0.39, 0.29) is 30.7 Å². The minimum atomic E-state index is -0.464. The van der Waals surface area contributed by atoms with Gasteiger partial charge in [0.05, 0.1) is 18.1 Å². The lowest BCUT2D eigenvalue weighted by Crippen LogP contribution is -2.45. The predicted molar refractivity (Wildman–Crippen MR) is 143 cm³/mol. The highest BCUT2D eigenvalue weighted by atomic mass is 16.5. The fourth-order valence-corrected chi connectivity index (χ4v) is 4.92. The lowest BCUT2D eigenvalue weighted by molar-refractivity contribution is -0.132. The van der Waals surface area contributed by atoms with E-state index in [1.165, 1.54) is 0 Å². The summed E-state index contributed by atoms with van der Waals surface area (Å²) < 4.78 is 12.7. The quantitative estimate of drug-likeness (QED) is 0.386.